The molecule has 0 radical (unpaired) electrons. The van der Waals surface area contributed by atoms with Crippen molar-refractivity contribution < 1.29 is 18.9 Å². The summed E-state index contributed by atoms with van der Waals surface area (Å²) in [4.78, 5) is 12.9. The fourth-order valence-corrected chi connectivity index (χ4v) is 4.58. The number of aromatic nitrogens is 4. The molecule has 9 heteroatoms. The third kappa shape index (κ3) is 3.09. The molecule has 1 aromatic carbocycles. The van der Waals surface area contributed by atoms with Gasteiger partial charge in [0.2, 0.25) is 0 Å². The highest BCUT2D eigenvalue weighted by Crippen LogP contribution is 2.44. The molecule has 164 valence electrons. The van der Waals surface area contributed by atoms with Crippen LogP contribution in [-0.4, -0.2) is 50.2 Å². The molecular weight excluding hydrogens is 410 g/mol. The molecule has 2 N–H and O–H groups in total. The van der Waals surface area contributed by atoms with Gasteiger partial charge in [0.15, 0.2) is 12.0 Å². The summed E-state index contributed by atoms with van der Waals surface area (Å²) in [5.41, 5.74) is 7.52. The maximum absolute atomic E-state index is 6.41. The predicted octanol–water partition coefficient (Wildman–Crippen LogP) is 3.06. The molecule has 0 amide bonds. The van der Waals surface area contributed by atoms with Gasteiger partial charge < -0.3 is 29.2 Å². The number of hydrogen-bond acceptors (Lipinski definition) is 8. The van der Waals surface area contributed by atoms with Gasteiger partial charge in [-0.3, -0.25) is 4.98 Å². The van der Waals surface area contributed by atoms with E-state index in [-0.39, 0.29) is 18.3 Å². The van der Waals surface area contributed by atoms with Crippen LogP contribution in [-0.2, 0) is 14.2 Å². The van der Waals surface area contributed by atoms with Crippen molar-refractivity contribution in [2.24, 2.45) is 0 Å². The zero-order chi connectivity index (χ0) is 21.9. The molecule has 2 aliphatic rings. The van der Waals surface area contributed by atoms with E-state index in [9.17, 15) is 0 Å². The predicted molar refractivity (Wildman–Crippen MR) is 117 cm³/mol. The number of fused-ring (bicyclic) bond motifs is 3. The van der Waals surface area contributed by atoms with E-state index in [0.717, 1.165) is 16.3 Å². The van der Waals surface area contributed by atoms with Gasteiger partial charge >= 0.3 is 0 Å². The summed E-state index contributed by atoms with van der Waals surface area (Å²) in [6, 6.07) is 11.7. The van der Waals surface area contributed by atoms with Crippen LogP contribution in [0.2, 0.25) is 0 Å². The standard InChI is InChI=1S/C23H23N5O4/c1-23(2)31-18-16(11-29-15-7-3-5-13-6-4-9-25-17(13)15)30-22(19(18)32-23)28-10-8-14-20(24)26-12-27-21(14)28/h3-10,12,16,18-19,22H,11H2,1-2H3,(H2,24,26,27)/t16-,18-,19-,22?/m1/s1. The van der Waals surface area contributed by atoms with Gasteiger partial charge in [0.05, 0.1) is 5.39 Å². The van der Waals surface area contributed by atoms with Gasteiger partial charge in [-0.1, -0.05) is 18.2 Å². The third-order valence-electron chi connectivity index (χ3n) is 5.94. The lowest BCUT2D eigenvalue weighted by Gasteiger charge is -2.25. The molecule has 2 fully saturated rings. The van der Waals surface area contributed by atoms with E-state index in [0.29, 0.717) is 23.8 Å². The van der Waals surface area contributed by atoms with Crippen LogP contribution in [0.3, 0.4) is 0 Å². The Morgan fingerprint density at radius 3 is 2.81 bits per heavy atom. The van der Waals surface area contributed by atoms with E-state index in [2.05, 4.69) is 15.0 Å². The molecule has 2 saturated heterocycles. The molecular formula is C23H23N5O4. The average molecular weight is 433 g/mol. The van der Waals surface area contributed by atoms with E-state index in [4.69, 9.17) is 24.7 Å². The SMILES string of the molecule is CC1(C)O[C@@H]2[C@@H](COc3cccc4cccnc34)OC(n3ccc4c(N)ncnc43)[C@@H]2O1. The Bertz CT molecular complexity index is 1300. The number of hydrogen-bond donors (Lipinski definition) is 1. The first kappa shape index (κ1) is 19.4. The van der Waals surface area contributed by atoms with Crippen LogP contribution in [0.25, 0.3) is 21.9 Å². The van der Waals surface area contributed by atoms with Gasteiger partial charge in [-0.2, -0.15) is 0 Å². The zero-order valence-corrected chi connectivity index (χ0v) is 17.7. The maximum atomic E-state index is 6.41. The van der Waals surface area contributed by atoms with Gasteiger partial charge in [-0.15, -0.1) is 0 Å². The van der Waals surface area contributed by atoms with E-state index < -0.39 is 12.0 Å². The number of pyridine rings is 1. The van der Waals surface area contributed by atoms with Crippen molar-refractivity contribution in [1.29, 1.82) is 0 Å². The minimum atomic E-state index is -0.729. The minimum Gasteiger partial charge on any atom is -0.488 e. The first-order valence-electron chi connectivity index (χ1n) is 10.5. The number of ether oxygens (including phenoxy) is 4. The van der Waals surface area contributed by atoms with Crippen LogP contribution in [0.15, 0.2) is 55.1 Å². The normalized spacial score (nSPS) is 26.6. The van der Waals surface area contributed by atoms with Crippen LogP contribution in [0.4, 0.5) is 5.82 Å². The lowest BCUT2D eigenvalue weighted by Crippen LogP contribution is -2.34. The molecule has 0 bridgehead atoms. The highest BCUT2D eigenvalue weighted by Gasteiger charge is 2.56. The fraction of sp³-hybridized carbons (Fsp3) is 0.348. The molecule has 0 aliphatic carbocycles. The Labute approximate surface area is 184 Å². The smallest absolute Gasteiger partial charge is 0.164 e. The summed E-state index contributed by atoms with van der Waals surface area (Å²) in [6.45, 7) is 4.11. The Hall–Kier alpha value is -3.27. The molecule has 6 rings (SSSR count). The van der Waals surface area contributed by atoms with E-state index in [1.54, 1.807) is 6.20 Å². The summed E-state index contributed by atoms with van der Waals surface area (Å²) < 4.78 is 27.0. The largest absolute Gasteiger partial charge is 0.488 e. The number of para-hydroxylation sites is 1. The van der Waals surface area contributed by atoms with Crippen molar-refractivity contribution in [1.82, 2.24) is 19.5 Å². The number of nitrogen functional groups attached to an aromatic ring is 1. The molecule has 9 nitrogen and oxygen atoms in total. The summed E-state index contributed by atoms with van der Waals surface area (Å²) >= 11 is 0. The molecule has 4 atom stereocenters. The molecule has 4 aromatic rings. The molecule has 5 heterocycles. The van der Waals surface area contributed by atoms with Gasteiger partial charge in [-0.25, -0.2) is 9.97 Å². The van der Waals surface area contributed by atoms with Crippen molar-refractivity contribution in [2.75, 3.05) is 12.3 Å². The van der Waals surface area contributed by atoms with Crippen molar-refractivity contribution in [3.63, 3.8) is 0 Å². The van der Waals surface area contributed by atoms with E-state index >= 15 is 0 Å². The third-order valence-corrected chi connectivity index (χ3v) is 5.94. The average Bonchev–Trinajstić information content (AvgIpc) is 3.44. The number of nitrogens with zero attached hydrogens (tertiary/aromatic N) is 4. The van der Waals surface area contributed by atoms with Crippen LogP contribution in [0, 0.1) is 0 Å². The van der Waals surface area contributed by atoms with Gasteiger partial charge in [-0.05, 0) is 32.0 Å². The second-order valence-electron chi connectivity index (χ2n) is 8.49. The summed E-state index contributed by atoms with van der Waals surface area (Å²) in [6.07, 6.45) is 3.70. The van der Waals surface area contributed by atoms with Crippen LogP contribution < -0.4 is 10.5 Å². The first-order chi connectivity index (χ1) is 15.5. The second-order valence-corrected chi connectivity index (χ2v) is 8.49. The number of nitrogens with two attached hydrogens (primary N) is 1. The van der Waals surface area contributed by atoms with E-state index in [1.807, 2.05) is 61.0 Å². The fourth-order valence-electron chi connectivity index (χ4n) is 4.58. The Morgan fingerprint density at radius 1 is 1.06 bits per heavy atom. The summed E-state index contributed by atoms with van der Waals surface area (Å²) in [7, 11) is 0. The van der Waals surface area contributed by atoms with Crippen molar-refractivity contribution in [3.05, 3.63) is 55.1 Å². The van der Waals surface area contributed by atoms with Crippen LogP contribution >= 0.6 is 0 Å². The number of anilines is 1. The molecule has 3 aromatic heterocycles. The molecule has 2 aliphatic heterocycles. The quantitative estimate of drug-likeness (QED) is 0.523. The molecule has 32 heavy (non-hydrogen) atoms. The molecule has 1 unspecified atom stereocenters. The minimum absolute atomic E-state index is 0.295. The molecule has 0 saturated carbocycles. The zero-order valence-electron chi connectivity index (χ0n) is 17.7. The maximum Gasteiger partial charge on any atom is 0.164 e. The van der Waals surface area contributed by atoms with Crippen molar-refractivity contribution in [2.45, 2.75) is 44.2 Å². The van der Waals surface area contributed by atoms with Crippen LogP contribution in [0.5, 0.6) is 5.75 Å². The highest BCUT2D eigenvalue weighted by atomic mass is 16.8. The Kier molecular flexibility index (Phi) is 4.32. The van der Waals surface area contributed by atoms with Gasteiger partial charge in [0.1, 0.15) is 54.0 Å². The van der Waals surface area contributed by atoms with Gasteiger partial charge in [0, 0.05) is 17.8 Å². The number of benzene rings is 1. The number of rotatable bonds is 4. The van der Waals surface area contributed by atoms with Crippen LogP contribution in [0.1, 0.15) is 20.1 Å². The summed E-state index contributed by atoms with van der Waals surface area (Å²) in [5, 5.41) is 1.79. The molecule has 0 spiro atoms. The van der Waals surface area contributed by atoms with Crippen molar-refractivity contribution in [3.8, 4) is 5.75 Å². The first-order valence-corrected chi connectivity index (χ1v) is 10.5. The topological polar surface area (TPSA) is 107 Å². The Balaban J connectivity index is 1.31. The highest BCUT2D eigenvalue weighted by molar-refractivity contribution is 5.86. The van der Waals surface area contributed by atoms with Crippen molar-refractivity contribution >= 4 is 27.8 Å². The van der Waals surface area contributed by atoms with E-state index in [1.165, 1.54) is 6.33 Å². The monoisotopic (exact) mass is 433 g/mol. The second kappa shape index (κ2) is 7.13. The lowest BCUT2D eigenvalue weighted by molar-refractivity contribution is -0.198. The van der Waals surface area contributed by atoms with Gasteiger partial charge in [0.25, 0.3) is 0 Å². The Morgan fingerprint density at radius 2 is 1.91 bits per heavy atom. The lowest BCUT2D eigenvalue weighted by atomic mass is 10.1. The summed E-state index contributed by atoms with van der Waals surface area (Å²) in [5.74, 6) is 0.403.